The van der Waals surface area contributed by atoms with Crippen molar-refractivity contribution in [2.24, 2.45) is 0 Å². The Labute approximate surface area is 331 Å². The molecule has 268 valence electrons. The van der Waals surface area contributed by atoms with Crippen LogP contribution in [0.5, 0.6) is 0 Å². The van der Waals surface area contributed by atoms with Crippen LogP contribution in [0, 0.1) is 0 Å². The Hall–Kier alpha value is -7.69. The van der Waals surface area contributed by atoms with Gasteiger partial charge in [-0.05, 0) is 68.8 Å². The van der Waals surface area contributed by atoms with Crippen molar-refractivity contribution < 1.29 is 4.42 Å². The second-order valence-electron chi connectivity index (χ2n) is 14.0. The predicted molar refractivity (Wildman–Crippen MR) is 233 cm³/mol. The summed E-state index contributed by atoms with van der Waals surface area (Å²) in [6, 6.07) is 73.5. The van der Waals surface area contributed by atoms with E-state index in [9.17, 15) is 0 Å². The summed E-state index contributed by atoms with van der Waals surface area (Å²) < 4.78 is 6.32. The molecule has 0 N–H and O–H groups in total. The van der Waals surface area contributed by atoms with E-state index in [-0.39, 0.29) is 0 Å². The number of benzene rings is 8. The smallest absolute Gasteiger partial charge is 0.164 e. The molecule has 0 aliphatic rings. The first-order valence-electron chi connectivity index (χ1n) is 19.1. The number of hydrogen-bond acceptors (Lipinski definition) is 4. The highest BCUT2D eigenvalue weighted by molar-refractivity contribution is 6.06. The number of furan rings is 1. The number of fused-ring (bicyclic) bond motifs is 3. The maximum absolute atomic E-state index is 6.32. The van der Waals surface area contributed by atoms with Gasteiger partial charge in [0.2, 0.25) is 0 Å². The first-order chi connectivity index (χ1) is 28.3. The molecule has 0 radical (unpaired) electrons. The van der Waals surface area contributed by atoms with Crippen molar-refractivity contribution in [1.82, 2.24) is 15.0 Å². The average Bonchev–Trinajstić information content (AvgIpc) is 3.67. The zero-order valence-electron chi connectivity index (χ0n) is 31.0. The Morgan fingerprint density at radius 1 is 0.298 bits per heavy atom. The van der Waals surface area contributed by atoms with E-state index >= 15 is 0 Å². The van der Waals surface area contributed by atoms with Gasteiger partial charge in [-0.1, -0.05) is 188 Å². The van der Waals surface area contributed by atoms with Crippen LogP contribution in [-0.2, 0) is 0 Å². The largest absolute Gasteiger partial charge is 0.456 e. The minimum absolute atomic E-state index is 0.568. The van der Waals surface area contributed by atoms with E-state index in [4.69, 9.17) is 19.4 Å². The van der Waals surface area contributed by atoms with Gasteiger partial charge < -0.3 is 4.42 Å². The predicted octanol–water partition coefficient (Wildman–Crippen LogP) is 13.4. The number of para-hydroxylation sites is 1. The maximum Gasteiger partial charge on any atom is 0.164 e. The lowest BCUT2D eigenvalue weighted by Crippen LogP contribution is -2.02. The highest BCUT2D eigenvalue weighted by Crippen LogP contribution is 2.39. The number of aromatic nitrogens is 3. The second kappa shape index (κ2) is 14.9. The van der Waals surface area contributed by atoms with Gasteiger partial charge in [-0.25, -0.2) is 15.0 Å². The zero-order valence-corrected chi connectivity index (χ0v) is 31.0. The molecule has 0 saturated heterocycles. The molecule has 10 aromatic rings. The molecule has 0 saturated carbocycles. The molecule has 4 nitrogen and oxygen atoms in total. The highest BCUT2D eigenvalue weighted by atomic mass is 16.3. The van der Waals surface area contributed by atoms with Crippen LogP contribution in [0.15, 0.2) is 217 Å². The van der Waals surface area contributed by atoms with Gasteiger partial charge in [-0.2, -0.15) is 0 Å². The lowest BCUT2D eigenvalue weighted by molar-refractivity contribution is 0.669. The van der Waals surface area contributed by atoms with Gasteiger partial charge in [0.1, 0.15) is 11.2 Å². The van der Waals surface area contributed by atoms with Crippen LogP contribution in [0.4, 0.5) is 0 Å². The lowest BCUT2D eigenvalue weighted by Gasteiger charge is -2.19. The first kappa shape index (κ1) is 33.8. The molecular formula is C53H35N3O. The van der Waals surface area contributed by atoms with E-state index in [1.807, 2.05) is 36.4 Å². The Kier molecular flexibility index (Phi) is 8.82. The van der Waals surface area contributed by atoms with E-state index < -0.39 is 0 Å². The van der Waals surface area contributed by atoms with Crippen LogP contribution in [0.25, 0.3) is 78.4 Å². The minimum Gasteiger partial charge on any atom is -0.456 e. The van der Waals surface area contributed by atoms with Crippen molar-refractivity contribution in [3.63, 3.8) is 0 Å². The van der Waals surface area contributed by atoms with Crippen molar-refractivity contribution >= 4 is 33.1 Å². The first-order valence-corrected chi connectivity index (χ1v) is 19.1. The molecule has 0 amide bonds. The third-order valence-corrected chi connectivity index (χ3v) is 10.4. The summed E-state index contributed by atoms with van der Waals surface area (Å²) in [4.78, 5) is 15.7. The van der Waals surface area contributed by atoms with E-state index in [0.717, 1.165) is 83.2 Å². The monoisotopic (exact) mass is 729 g/mol. The molecule has 8 aromatic carbocycles. The second-order valence-corrected chi connectivity index (χ2v) is 14.0. The molecular weight excluding hydrogens is 695 g/mol. The van der Waals surface area contributed by atoms with Gasteiger partial charge >= 0.3 is 0 Å². The molecule has 2 heterocycles. The molecule has 0 bridgehead atoms. The molecule has 0 aliphatic heterocycles. The summed E-state index contributed by atoms with van der Waals surface area (Å²) in [5.41, 5.74) is 13.1. The van der Waals surface area contributed by atoms with E-state index in [1.165, 1.54) is 0 Å². The molecule has 10 rings (SSSR count). The van der Waals surface area contributed by atoms with Gasteiger partial charge in [0.15, 0.2) is 17.5 Å². The minimum atomic E-state index is 0.568. The van der Waals surface area contributed by atoms with Crippen LogP contribution < -0.4 is 0 Å². The zero-order chi connectivity index (χ0) is 38.0. The topological polar surface area (TPSA) is 51.8 Å². The van der Waals surface area contributed by atoms with Crippen LogP contribution in [0.2, 0.25) is 0 Å². The fraction of sp³-hybridized carbons (Fsp3) is 0. The Balaban J connectivity index is 1.20. The molecule has 0 fully saturated rings. The van der Waals surface area contributed by atoms with Crippen LogP contribution in [-0.4, -0.2) is 15.0 Å². The van der Waals surface area contributed by atoms with Crippen LogP contribution >= 0.6 is 0 Å². The van der Waals surface area contributed by atoms with Crippen molar-refractivity contribution in [3.8, 4) is 45.3 Å². The highest BCUT2D eigenvalue weighted by Gasteiger charge is 2.20. The van der Waals surface area contributed by atoms with Crippen molar-refractivity contribution in [2.75, 3.05) is 0 Å². The Morgan fingerprint density at radius 3 is 1.40 bits per heavy atom. The fourth-order valence-electron chi connectivity index (χ4n) is 7.71. The fourth-order valence-corrected chi connectivity index (χ4v) is 7.71. The third kappa shape index (κ3) is 6.60. The summed E-state index contributed by atoms with van der Waals surface area (Å²) in [5, 5.41) is 2.14. The Morgan fingerprint density at radius 2 is 0.754 bits per heavy atom. The SMILES string of the molecule is c1ccc(C(=C(c2ccccc2)c2cccc(-c3nc(-c4ccc5c(c4)oc4ccccc45)nc(-c4ccccc4-c4ccccc4)n3)c2)c2ccccc2)cc1. The van der Waals surface area contributed by atoms with Gasteiger partial charge in [0.05, 0.1) is 0 Å². The molecule has 4 heteroatoms. The quantitative estimate of drug-likeness (QED) is 0.146. The normalized spacial score (nSPS) is 11.2. The molecule has 0 aliphatic carbocycles. The molecule has 0 atom stereocenters. The van der Waals surface area contributed by atoms with E-state index in [2.05, 4.69) is 176 Å². The molecule has 0 spiro atoms. The number of hydrogen-bond donors (Lipinski definition) is 0. The molecule has 57 heavy (non-hydrogen) atoms. The van der Waals surface area contributed by atoms with Gasteiger partial charge in [-0.15, -0.1) is 0 Å². The summed E-state index contributed by atoms with van der Waals surface area (Å²) in [6.45, 7) is 0. The van der Waals surface area contributed by atoms with Gasteiger partial charge in [0, 0.05) is 27.5 Å². The van der Waals surface area contributed by atoms with Crippen LogP contribution in [0.1, 0.15) is 22.3 Å². The summed E-state index contributed by atoms with van der Waals surface area (Å²) in [6.07, 6.45) is 0. The summed E-state index contributed by atoms with van der Waals surface area (Å²) in [5.74, 6) is 1.74. The lowest BCUT2D eigenvalue weighted by atomic mass is 9.85. The van der Waals surface area contributed by atoms with E-state index in [0.29, 0.717) is 17.5 Å². The summed E-state index contributed by atoms with van der Waals surface area (Å²) in [7, 11) is 0. The molecule has 2 aromatic heterocycles. The summed E-state index contributed by atoms with van der Waals surface area (Å²) >= 11 is 0. The maximum atomic E-state index is 6.32. The van der Waals surface area contributed by atoms with Crippen LogP contribution in [0.3, 0.4) is 0 Å². The average molecular weight is 730 g/mol. The Bertz CT molecular complexity index is 3000. The van der Waals surface area contributed by atoms with E-state index in [1.54, 1.807) is 0 Å². The number of nitrogens with zero attached hydrogens (tertiary/aromatic N) is 3. The number of rotatable bonds is 8. The van der Waals surface area contributed by atoms with Gasteiger partial charge in [0.25, 0.3) is 0 Å². The standard InChI is InChI=1S/C53H35N3O/c1-5-18-36(19-6-1)43-28-13-14-30-46(43)53-55-51(54-52(56-53)42-32-33-45-44-29-15-16-31-47(44)57-48(45)35-42)41-27-17-26-40(34-41)50(39-24-11-4-12-25-39)49(37-20-7-2-8-21-37)38-22-9-3-10-23-38/h1-35H. The van der Waals surface area contributed by atoms with Crippen molar-refractivity contribution in [2.45, 2.75) is 0 Å². The van der Waals surface area contributed by atoms with Gasteiger partial charge in [-0.3, -0.25) is 0 Å². The van der Waals surface area contributed by atoms with Crippen molar-refractivity contribution in [3.05, 3.63) is 235 Å². The van der Waals surface area contributed by atoms with Crippen molar-refractivity contribution in [1.29, 1.82) is 0 Å². The third-order valence-electron chi connectivity index (χ3n) is 10.4. The molecule has 0 unspecified atom stereocenters.